The summed E-state index contributed by atoms with van der Waals surface area (Å²) in [6, 6.07) is 11.4. The van der Waals surface area contributed by atoms with Crippen LogP contribution < -0.4 is 0 Å². The first-order valence-corrected chi connectivity index (χ1v) is 8.99. The SMILES string of the molecule is CS(=O)(=O)N1N=C(c2ccccc2)C[C@@H]1c1ccsc1. The standard InChI is InChI=1S/C14H14N2O2S2/c1-20(17,18)16-14(12-7-8-19-10-12)9-13(15-16)11-5-3-2-4-6-11/h2-8,10,14H,9H2,1H3/t14-/m1/s1. The van der Waals surface area contributed by atoms with Crippen LogP contribution >= 0.6 is 11.3 Å². The number of benzene rings is 1. The Hall–Kier alpha value is -1.66. The van der Waals surface area contributed by atoms with Gasteiger partial charge in [-0.25, -0.2) is 8.42 Å². The first-order valence-electron chi connectivity index (χ1n) is 6.20. The molecule has 1 aromatic heterocycles. The second kappa shape index (κ2) is 5.03. The minimum Gasteiger partial charge on any atom is -0.205 e. The molecule has 0 radical (unpaired) electrons. The third-order valence-corrected chi connectivity index (χ3v) is 4.96. The Bertz CT molecular complexity index is 722. The monoisotopic (exact) mass is 306 g/mol. The lowest BCUT2D eigenvalue weighted by atomic mass is 10.0. The van der Waals surface area contributed by atoms with Gasteiger partial charge in [0.15, 0.2) is 0 Å². The molecule has 2 heterocycles. The van der Waals surface area contributed by atoms with Crippen molar-refractivity contribution in [2.75, 3.05) is 6.26 Å². The second-order valence-corrected chi connectivity index (χ2v) is 7.35. The van der Waals surface area contributed by atoms with Crippen LogP contribution in [0.25, 0.3) is 0 Å². The van der Waals surface area contributed by atoms with Gasteiger partial charge in [-0.3, -0.25) is 0 Å². The van der Waals surface area contributed by atoms with Gasteiger partial charge in [0, 0.05) is 6.42 Å². The molecule has 3 rings (SSSR count). The summed E-state index contributed by atoms with van der Waals surface area (Å²) in [6.45, 7) is 0. The van der Waals surface area contributed by atoms with Gasteiger partial charge in [-0.2, -0.15) is 20.9 Å². The van der Waals surface area contributed by atoms with E-state index >= 15 is 0 Å². The summed E-state index contributed by atoms with van der Waals surface area (Å²) in [4.78, 5) is 0. The van der Waals surface area contributed by atoms with Gasteiger partial charge in [0.05, 0.1) is 18.0 Å². The fourth-order valence-electron chi connectivity index (χ4n) is 2.31. The van der Waals surface area contributed by atoms with Gasteiger partial charge >= 0.3 is 0 Å². The average molecular weight is 306 g/mol. The number of hydrogen-bond donors (Lipinski definition) is 0. The highest BCUT2D eigenvalue weighted by molar-refractivity contribution is 7.88. The summed E-state index contributed by atoms with van der Waals surface area (Å²) < 4.78 is 25.1. The highest BCUT2D eigenvalue weighted by Crippen LogP contribution is 2.35. The van der Waals surface area contributed by atoms with Crippen LogP contribution in [0.15, 0.2) is 52.3 Å². The molecule has 104 valence electrons. The number of rotatable bonds is 3. The maximum Gasteiger partial charge on any atom is 0.247 e. The molecule has 0 spiro atoms. The number of thiophene rings is 1. The van der Waals surface area contributed by atoms with Crippen molar-refractivity contribution in [3.8, 4) is 0 Å². The molecule has 1 aliphatic heterocycles. The van der Waals surface area contributed by atoms with Crippen molar-refractivity contribution >= 4 is 27.1 Å². The van der Waals surface area contributed by atoms with Crippen molar-refractivity contribution in [2.24, 2.45) is 5.10 Å². The molecule has 4 nitrogen and oxygen atoms in total. The van der Waals surface area contributed by atoms with Crippen molar-refractivity contribution in [3.63, 3.8) is 0 Å². The van der Waals surface area contributed by atoms with Crippen LogP contribution in [-0.4, -0.2) is 24.8 Å². The quantitative estimate of drug-likeness (QED) is 0.875. The summed E-state index contributed by atoms with van der Waals surface area (Å²) >= 11 is 1.56. The fourth-order valence-corrected chi connectivity index (χ4v) is 3.92. The Kier molecular flexibility index (Phi) is 3.35. The fraction of sp³-hybridized carbons (Fsp3) is 0.214. The van der Waals surface area contributed by atoms with Crippen molar-refractivity contribution in [1.29, 1.82) is 0 Å². The summed E-state index contributed by atoms with van der Waals surface area (Å²) in [5.74, 6) is 0. The van der Waals surface area contributed by atoms with E-state index < -0.39 is 10.0 Å². The highest BCUT2D eigenvalue weighted by Gasteiger charge is 2.34. The lowest BCUT2D eigenvalue weighted by Crippen LogP contribution is -2.25. The van der Waals surface area contributed by atoms with Crippen LogP contribution in [0.3, 0.4) is 0 Å². The van der Waals surface area contributed by atoms with Gasteiger partial charge in [0.25, 0.3) is 0 Å². The Morgan fingerprint density at radius 1 is 1.25 bits per heavy atom. The van der Waals surface area contributed by atoms with Crippen LogP contribution in [0.4, 0.5) is 0 Å². The number of hydrogen-bond acceptors (Lipinski definition) is 4. The third-order valence-electron chi connectivity index (χ3n) is 3.25. The maximum atomic E-state index is 11.9. The lowest BCUT2D eigenvalue weighted by molar-refractivity contribution is 0.375. The molecule has 1 aromatic carbocycles. The van der Waals surface area contributed by atoms with Gasteiger partial charge in [0.1, 0.15) is 0 Å². The van der Waals surface area contributed by atoms with Crippen LogP contribution in [-0.2, 0) is 10.0 Å². The average Bonchev–Trinajstić information content (AvgIpc) is 3.08. The van der Waals surface area contributed by atoms with Gasteiger partial charge in [-0.15, -0.1) is 0 Å². The molecule has 0 saturated heterocycles. The van der Waals surface area contributed by atoms with Crippen LogP contribution in [0, 0.1) is 0 Å². The van der Waals surface area contributed by atoms with E-state index in [0.29, 0.717) is 6.42 Å². The topological polar surface area (TPSA) is 49.7 Å². The highest BCUT2D eigenvalue weighted by atomic mass is 32.2. The molecule has 0 bridgehead atoms. The van der Waals surface area contributed by atoms with E-state index in [0.717, 1.165) is 16.8 Å². The predicted molar refractivity (Wildman–Crippen MR) is 81.3 cm³/mol. The van der Waals surface area contributed by atoms with E-state index in [-0.39, 0.29) is 6.04 Å². The Morgan fingerprint density at radius 3 is 2.60 bits per heavy atom. The lowest BCUT2D eigenvalue weighted by Gasteiger charge is -2.20. The van der Waals surface area contributed by atoms with Crippen molar-refractivity contribution in [3.05, 3.63) is 58.3 Å². The van der Waals surface area contributed by atoms with Gasteiger partial charge < -0.3 is 0 Å². The third kappa shape index (κ3) is 2.48. The Morgan fingerprint density at radius 2 is 2.00 bits per heavy atom. The van der Waals surface area contributed by atoms with E-state index in [1.807, 2.05) is 47.2 Å². The van der Waals surface area contributed by atoms with Gasteiger partial charge in [-0.05, 0) is 28.0 Å². The summed E-state index contributed by atoms with van der Waals surface area (Å²) in [5.41, 5.74) is 2.78. The van der Waals surface area contributed by atoms with Gasteiger partial charge in [-0.1, -0.05) is 30.3 Å². The first kappa shape index (κ1) is 13.3. The van der Waals surface area contributed by atoms with Crippen molar-refractivity contribution in [1.82, 2.24) is 4.41 Å². The van der Waals surface area contributed by atoms with Crippen LogP contribution in [0.5, 0.6) is 0 Å². The Balaban J connectivity index is 2.00. The zero-order valence-electron chi connectivity index (χ0n) is 10.9. The van der Waals surface area contributed by atoms with Gasteiger partial charge in [0.2, 0.25) is 10.0 Å². The smallest absolute Gasteiger partial charge is 0.205 e. The second-order valence-electron chi connectivity index (χ2n) is 4.72. The number of sulfonamides is 1. The molecule has 0 saturated carbocycles. The maximum absolute atomic E-state index is 11.9. The molecular weight excluding hydrogens is 292 g/mol. The largest absolute Gasteiger partial charge is 0.247 e. The predicted octanol–water partition coefficient (Wildman–Crippen LogP) is 2.86. The van der Waals surface area contributed by atoms with E-state index in [1.165, 1.54) is 10.7 Å². The molecule has 0 aliphatic carbocycles. The van der Waals surface area contributed by atoms with Crippen LogP contribution in [0.1, 0.15) is 23.6 Å². The van der Waals surface area contributed by atoms with Crippen molar-refractivity contribution in [2.45, 2.75) is 12.5 Å². The van der Waals surface area contributed by atoms with Crippen molar-refractivity contribution < 1.29 is 8.42 Å². The van der Waals surface area contributed by atoms with E-state index in [1.54, 1.807) is 11.3 Å². The molecular formula is C14H14N2O2S2. The zero-order valence-corrected chi connectivity index (χ0v) is 12.6. The summed E-state index contributed by atoms with van der Waals surface area (Å²) in [7, 11) is -3.37. The summed E-state index contributed by atoms with van der Waals surface area (Å²) in [5, 5.41) is 8.27. The summed E-state index contributed by atoms with van der Waals surface area (Å²) in [6.07, 6.45) is 1.80. The van der Waals surface area contributed by atoms with E-state index in [9.17, 15) is 8.42 Å². The number of hydrazone groups is 1. The Labute approximate surface area is 122 Å². The molecule has 0 unspecified atom stereocenters. The molecule has 0 amide bonds. The first-order chi connectivity index (χ1) is 9.55. The number of nitrogens with zero attached hydrogens (tertiary/aromatic N) is 2. The van der Waals surface area contributed by atoms with Crippen LogP contribution in [0.2, 0.25) is 0 Å². The minimum absolute atomic E-state index is 0.230. The minimum atomic E-state index is -3.37. The molecule has 20 heavy (non-hydrogen) atoms. The zero-order chi connectivity index (χ0) is 14.2. The molecule has 6 heteroatoms. The van der Waals surface area contributed by atoms with E-state index in [4.69, 9.17) is 0 Å². The molecule has 1 atom stereocenters. The van der Waals surface area contributed by atoms with E-state index in [2.05, 4.69) is 5.10 Å². The molecule has 0 fully saturated rings. The molecule has 0 N–H and O–H groups in total. The normalized spacial score (nSPS) is 19.1. The molecule has 2 aromatic rings. The molecule has 1 aliphatic rings.